The molecule has 2 aromatic heterocycles. The molecule has 1 aromatic carbocycles. The van der Waals surface area contributed by atoms with E-state index in [0.717, 1.165) is 23.2 Å². The number of benzene rings is 1. The van der Waals surface area contributed by atoms with Gasteiger partial charge in [-0.1, -0.05) is 55.5 Å². The summed E-state index contributed by atoms with van der Waals surface area (Å²) < 4.78 is 6.40. The van der Waals surface area contributed by atoms with E-state index < -0.39 is 0 Å². The van der Waals surface area contributed by atoms with Crippen LogP contribution in [0.1, 0.15) is 40.9 Å². The molecule has 0 aliphatic carbocycles. The van der Waals surface area contributed by atoms with Crippen molar-refractivity contribution in [2.45, 2.75) is 32.5 Å². The lowest BCUT2D eigenvalue weighted by Gasteiger charge is -2.37. The van der Waals surface area contributed by atoms with E-state index in [1.54, 1.807) is 17.3 Å². The fourth-order valence-electron chi connectivity index (χ4n) is 4.36. The largest absolute Gasteiger partial charge is 0.472 e. The fraction of sp³-hybridized carbons (Fsp3) is 0.345. The van der Waals surface area contributed by atoms with Crippen molar-refractivity contribution >= 4 is 18.1 Å². The summed E-state index contributed by atoms with van der Waals surface area (Å²) in [6, 6.07) is 15.5. The topological polar surface area (TPSA) is 78.8 Å². The average molecular weight is 487 g/mol. The number of aliphatic hydroxyl groups excluding tert-OH is 1. The number of nitrogens with zero attached hydrogens (tertiary/aromatic N) is 4. The van der Waals surface area contributed by atoms with Gasteiger partial charge in [0, 0.05) is 44.1 Å². The molecular weight excluding hydrogens is 452 g/mol. The van der Waals surface area contributed by atoms with Crippen LogP contribution in [0.3, 0.4) is 0 Å². The molecular formula is C29H34N4O3. The molecule has 188 valence electrons. The Bertz CT molecular complexity index is 1170. The van der Waals surface area contributed by atoms with Crippen LogP contribution >= 0.6 is 0 Å². The number of pyridine rings is 2. The summed E-state index contributed by atoms with van der Waals surface area (Å²) >= 11 is 0. The lowest BCUT2D eigenvalue weighted by atomic mass is 9.99. The highest BCUT2D eigenvalue weighted by atomic mass is 16.5. The normalized spacial score (nSPS) is 19.0. The monoisotopic (exact) mass is 486 g/mol. The van der Waals surface area contributed by atoms with E-state index in [1.165, 1.54) is 0 Å². The van der Waals surface area contributed by atoms with Crippen molar-refractivity contribution < 1.29 is 14.6 Å². The van der Waals surface area contributed by atoms with Gasteiger partial charge in [-0.15, -0.1) is 0 Å². The lowest BCUT2D eigenvalue weighted by molar-refractivity contribution is 0.0325. The van der Waals surface area contributed by atoms with Crippen molar-refractivity contribution in [3.63, 3.8) is 0 Å². The maximum absolute atomic E-state index is 13.6. The maximum Gasteiger partial charge on any atom is 0.259 e. The number of amides is 1. The predicted octanol–water partition coefficient (Wildman–Crippen LogP) is 4.00. The van der Waals surface area contributed by atoms with E-state index in [1.807, 2.05) is 74.8 Å². The Morgan fingerprint density at radius 3 is 2.67 bits per heavy atom. The molecule has 0 bridgehead atoms. The molecule has 0 unspecified atom stereocenters. The van der Waals surface area contributed by atoms with Crippen LogP contribution in [-0.2, 0) is 6.54 Å². The molecule has 0 spiro atoms. The highest BCUT2D eigenvalue weighted by Crippen LogP contribution is 2.28. The number of hydrogen-bond acceptors (Lipinski definition) is 6. The third kappa shape index (κ3) is 6.36. The molecule has 7 nitrogen and oxygen atoms in total. The van der Waals surface area contributed by atoms with E-state index in [0.29, 0.717) is 24.5 Å². The van der Waals surface area contributed by atoms with Crippen LogP contribution in [-0.4, -0.2) is 69.7 Å². The van der Waals surface area contributed by atoms with Gasteiger partial charge in [0.1, 0.15) is 11.7 Å². The van der Waals surface area contributed by atoms with E-state index in [9.17, 15) is 9.90 Å². The highest BCUT2D eigenvalue weighted by molar-refractivity contribution is 5.97. The molecule has 1 N–H and O–H groups in total. The molecule has 0 saturated heterocycles. The van der Waals surface area contributed by atoms with Crippen LogP contribution in [0, 0.1) is 5.92 Å². The highest BCUT2D eigenvalue weighted by Gasteiger charge is 2.34. The summed E-state index contributed by atoms with van der Waals surface area (Å²) in [6.45, 7) is 5.70. The van der Waals surface area contributed by atoms with Gasteiger partial charge in [-0.25, -0.2) is 4.98 Å². The second-order valence-corrected chi connectivity index (χ2v) is 9.55. The van der Waals surface area contributed by atoms with Gasteiger partial charge >= 0.3 is 0 Å². The molecule has 3 aromatic rings. The SMILES string of the molecule is C[C@@H]1CN([C@H](C)CO)C(=O)c2cc(/C=C/c3ccccc3)cnc2O[C@H]1CN(C)Cc1cccnc1. The summed E-state index contributed by atoms with van der Waals surface area (Å²) in [5.41, 5.74) is 3.41. The van der Waals surface area contributed by atoms with Gasteiger partial charge in [0.05, 0.1) is 12.6 Å². The predicted molar refractivity (Wildman–Crippen MR) is 141 cm³/mol. The molecule has 7 heteroatoms. The zero-order chi connectivity index (χ0) is 25.5. The Labute approximate surface area is 213 Å². The lowest BCUT2D eigenvalue weighted by Crippen LogP contribution is -2.49. The molecule has 0 fully saturated rings. The summed E-state index contributed by atoms with van der Waals surface area (Å²) in [5.74, 6) is 0.188. The molecule has 1 amide bonds. The van der Waals surface area contributed by atoms with E-state index in [4.69, 9.17) is 4.74 Å². The Kier molecular flexibility index (Phi) is 8.46. The van der Waals surface area contributed by atoms with Crippen molar-refractivity contribution in [3.05, 3.63) is 89.4 Å². The fourth-order valence-corrected chi connectivity index (χ4v) is 4.36. The number of carbonyl (C=O) groups excluding carboxylic acids is 1. The number of aromatic nitrogens is 2. The van der Waals surface area contributed by atoms with Crippen LogP contribution in [0.4, 0.5) is 0 Å². The summed E-state index contributed by atoms with van der Waals surface area (Å²) in [7, 11) is 2.05. The van der Waals surface area contributed by atoms with Crippen molar-refractivity contribution in [2.75, 3.05) is 26.7 Å². The van der Waals surface area contributed by atoms with Crippen molar-refractivity contribution in [1.29, 1.82) is 0 Å². The molecule has 1 aliphatic rings. The van der Waals surface area contributed by atoms with Crippen LogP contribution in [0.25, 0.3) is 12.2 Å². The summed E-state index contributed by atoms with van der Waals surface area (Å²) in [4.78, 5) is 26.3. The first-order valence-electron chi connectivity index (χ1n) is 12.3. The smallest absolute Gasteiger partial charge is 0.259 e. The Balaban J connectivity index is 1.61. The van der Waals surface area contributed by atoms with E-state index >= 15 is 0 Å². The number of fused-ring (bicyclic) bond motifs is 1. The maximum atomic E-state index is 13.6. The van der Waals surface area contributed by atoms with Gasteiger partial charge in [-0.3, -0.25) is 14.7 Å². The first-order chi connectivity index (χ1) is 17.4. The van der Waals surface area contributed by atoms with Gasteiger partial charge in [0.25, 0.3) is 5.91 Å². The molecule has 4 rings (SSSR count). The quantitative estimate of drug-likeness (QED) is 0.519. The molecule has 1 aliphatic heterocycles. The van der Waals surface area contributed by atoms with Crippen LogP contribution in [0.5, 0.6) is 5.88 Å². The Morgan fingerprint density at radius 2 is 1.94 bits per heavy atom. The van der Waals surface area contributed by atoms with Crippen LogP contribution in [0.15, 0.2) is 67.1 Å². The number of rotatable bonds is 8. The summed E-state index contributed by atoms with van der Waals surface area (Å²) in [5, 5.41) is 9.88. The molecule has 36 heavy (non-hydrogen) atoms. The Hall–Kier alpha value is -3.55. The second kappa shape index (κ2) is 11.9. The minimum absolute atomic E-state index is 0.0342. The van der Waals surface area contributed by atoms with E-state index in [-0.39, 0.29) is 30.6 Å². The Morgan fingerprint density at radius 1 is 1.17 bits per heavy atom. The molecule has 3 atom stereocenters. The van der Waals surface area contributed by atoms with Gasteiger partial charge in [0.2, 0.25) is 5.88 Å². The molecule has 0 radical (unpaired) electrons. The van der Waals surface area contributed by atoms with Crippen molar-refractivity contribution in [3.8, 4) is 5.88 Å². The minimum atomic E-state index is -0.316. The standard InChI is InChI=1S/C29H34N4O3/c1-21-17-33(22(2)20-34)29(35)26-14-24(12-11-23-8-5-4-6-9-23)16-31-28(26)36-27(21)19-32(3)18-25-10-7-13-30-15-25/h4-16,21-22,27,34H,17-20H2,1-3H3/b12-11+/t21-,22-,27+/m1/s1. The number of ether oxygens (including phenoxy) is 1. The van der Waals surface area contributed by atoms with E-state index in [2.05, 4.69) is 27.9 Å². The number of hydrogen-bond donors (Lipinski definition) is 1. The van der Waals surface area contributed by atoms with Crippen LogP contribution in [0.2, 0.25) is 0 Å². The molecule has 0 saturated carbocycles. The van der Waals surface area contributed by atoms with Gasteiger partial charge < -0.3 is 14.7 Å². The van der Waals surface area contributed by atoms with Gasteiger partial charge in [0.15, 0.2) is 0 Å². The first kappa shape index (κ1) is 25.5. The number of aliphatic hydroxyl groups is 1. The molecule has 3 heterocycles. The number of likely N-dealkylation sites (N-methyl/N-ethyl adjacent to an activating group) is 1. The van der Waals surface area contributed by atoms with Gasteiger partial charge in [-0.05, 0) is 42.8 Å². The zero-order valence-electron chi connectivity index (χ0n) is 21.1. The van der Waals surface area contributed by atoms with Gasteiger partial charge in [-0.2, -0.15) is 0 Å². The van der Waals surface area contributed by atoms with Crippen molar-refractivity contribution in [2.24, 2.45) is 5.92 Å². The summed E-state index contributed by atoms with van der Waals surface area (Å²) in [6.07, 6.45) is 9.10. The zero-order valence-corrected chi connectivity index (χ0v) is 21.1. The second-order valence-electron chi connectivity index (χ2n) is 9.55. The first-order valence-corrected chi connectivity index (χ1v) is 12.3. The van der Waals surface area contributed by atoms with Crippen LogP contribution < -0.4 is 4.74 Å². The average Bonchev–Trinajstić information content (AvgIpc) is 2.90. The van der Waals surface area contributed by atoms with Crippen molar-refractivity contribution in [1.82, 2.24) is 19.8 Å². The third-order valence-electron chi connectivity index (χ3n) is 6.48. The minimum Gasteiger partial charge on any atom is -0.472 e. The number of carbonyl (C=O) groups is 1. The third-order valence-corrected chi connectivity index (χ3v) is 6.48.